The Bertz CT molecular complexity index is 400. The van der Waals surface area contributed by atoms with Crippen molar-refractivity contribution < 1.29 is 4.79 Å². The molecule has 0 spiro atoms. The van der Waals surface area contributed by atoms with Gasteiger partial charge in [0.25, 0.3) is 5.91 Å². The number of carbonyl (C=O) groups is 1. The molecule has 0 aliphatic rings. The van der Waals surface area contributed by atoms with E-state index in [0.29, 0.717) is 5.56 Å². The van der Waals surface area contributed by atoms with Gasteiger partial charge in [-0.3, -0.25) is 4.79 Å². The van der Waals surface area contributed by atoms with Crippen LogP contribution < -0.4 is 0 Å². The van der Waals surface area contributed by atoms with Crippen molar-refractivity contribution in [3.05, 3.63) is 33.8 Å². The molecule has 1 amide bonds. The van der Waals surface area contributed by atoms with Gasteiger partial charge in [-0.05, 0) is 24.6 Å². The van der Waals surface area contributed by atoms with E-state index in [2.05, 4.69) is 20.9 Å². The molecule has 0 saturated carbocycles. The first-order chi connectivity index (χ1) is 7.00. The van der Waals surface area contributed by atoms with Crippen LogP contribution in [-0.4, -0.2) is 31.2 Å². The summed E-state index contributed by atoms with van der Waals surface area (Å²) in [5.41, 5.74) is 1.69. The van der Waals surface area contributed by atoms with Gasteiger partial charge < -0.3 is 4.90 Å². The fraction of sp³-hybridized carbons (Fsp3) is 0.273. The molecular formula is C11H13BrN2O. The molecule has 0 aromatic heterocycles. The Morgan fingerprint density at radius 1 is 1.47 bits per heavy atom. The molecule has 1 aromatic carbocycles. The Hall–Kier alpha value is -1.16. The van der Waals surface area contributed by atoms with E-state index < -0.39 is 0 Å². The van der Waals surface area contributed by atoms with Crippen LogP contribution in [0.15, 0.2) is 27.7 Å². The second-order valence-electron chi connectivity index (χ2n) is 3.48. The van der Waals surface area contributed by atoms with Crippen molar-refractivity contribution in [3.8, 4) is 0 Å². The molecule has 0 aliphatic heterocycles. The van der Waals surface area contributed by atoms with Gasteiger partial charge in [0.15, 0.2) is 0 Å². The maximum atomic E-state index is 11.6. The van der Waals surface area contributed by atoms with Gasteiger partial charge in [-0.1, -0.05) is 22.0 Å². The maximum absolute atomic E-state index is 11.6. The van der Waals surface area contributed by atoms with E-state index in [1.807, 2.05) is 27.1 Å². The van der Waals surface area contributed by atoms with Gasteiger partial charge in [-0.25, -0.2) is 0 Å². The van der Waals surface area contributed by atoms with Gasteiger partial charge in [-0.2, -0.15) is 4.99 Å². The van der Waals surface area contributed by atoms with Crippen molar-refractivity contribution >= 4 is 28.2 Å². The van der Waals surface area contributed by atoms with Crippen molar-refractivity contribution in [1.82, 2.24) is 4.90 Å². The van der Waals surface area contributed by atoms with Crippen LogP contribution >= 0.6 is 15.9 Å². The number of benzene rings is 1. The predicted molar refractivity (Wildman–Crippen MR) is 65.4 cm³/mol. The Morgan fingerprint density at radius 2 is 2.13 bits per heavy atom. The summed E-state index contributed by atoms with van der Waals surface area (Å²) in [6.45, 7) is 1.97. The zero-order valence-corrected chi connectivity index (χ0v) is 10.6. The summed E-state index contributed by atoms with van der Waals surface area (Å²) in [5, 5.41) is 0. The molecule has 0 aliphatic carbocycles. The van der Waals surface area contributed by atoms with E-state index in [1.165, 1.54) is 6.34 Å². The minimum Gasteiger partial charge on any atom is -0.369 e. The van der Waals surface area contributed by atoms with Gasteiger partial charge in [-0.15, -0.1) is 0 Å². The number of halogens is 1. The average molecular weight is 269 g/mol. The number of aliphatic imine (C=N–C) groups is 1. The molecule has 15 heavy (non-hydrogen) atoms. The van der Waals surface area contributed by atoms with Crippen LogP contribution in [0.1, 0.15) is 15.9 Å². The Kier molecular flexibility index (Phi) is 4.03. The third-order valence-corrected chi connectivity index (χ3v) is 2.68. The van der Waals surface area contributed by atoms with Crippen LogP contribution in [0.5, 0.6) is 0 Å². The van der Waals surface area contributed by atoms with E-state index in [0.717, 1.165) is 10.0 Å². The van der Waals surface area contributed by atoms with Gasteiger partial charge >= 0.3 is 0 Å². The molecule has 4 heteroatoms. The van der Waals surface area contributed by atoms with Crippen molar-refractivity contribution in [2.45, 2.75) is 6.92 Å². The fourth-order valence-corrected chi connectivity index (χ4v) is 1.35. The highest BCUT2D eigenvalue weighted by molar-refractivity contribution is 9.10. The van der Waals surface area contributed by atoms with E-state index in [4.69, 9.17) is 0 Å². The lowest BCUT2D eigenvalue weighted by molar-refractivity contribution is 0.100. The fourth-order valence-electron chi connectivity index (χ4n) is 0.968. The highest BCUT2D eigenvalue weighted by Gasteiger charge is 2.04. The summed E-state index contributed by atoms with van der Waals surface area (Å²) in [4.78, 5) is 17.1. The Balaban J connectivity index is 2.88. The number of nitrogens with zero attached hydrogens (tertiary/aromatic N) is 2. The summed E-state index contributed by atoms with van der Waals surface area (Å²) in [6, 6.07) is 5.45. The highest BCUT2D eigenvalue weighted by Crippen LogP contribution is 2.17. The van der Waals surface area contributed by atoms with Gasteiger partial charge in [0.2, 0.25) is 0 Å². The molecule has 0 saturated heterocycles. The Morgan fingerprint density at radius 3 is 2.67 bits per heavy atom. The third kappa shape index (κ3) is 3.47. The van der Waals surface area contributed by atoms with Crippen LogP contribution in [0, 0.1) is 6.92 Å². The molecule has 0 fully saturated rings. The smallest absolute Gasteiger partial charge is 0.278 e. The van der Waals surface area contributed by atoms with Gasteiger partial charge in [0.05, 0.1) is 6.34 Å². The zero-order valence-electron chi connectivity index (χ0n) is 8.99. The van der Waals surface area contributed by atoms with E-state index in [1.54, 1.807) is 17.0 Å². The summed E-state index contributed by atoms with van der Waals surface area (Å²) in [7, 11) is 3.64. The minimum absolute atomic E-state index is 0.232. The number of amides is 1. The quantitative estimate of drug-likeness (QED) is 0.610. The molecule has 1 rings (SSSR count). The van der Waals surface area contributed by atoms with Crippen molar-refractivity contribution in [3.63, 3.8) is 0 Å². The monoisotopic (exact) mass is 268 g/mol. The first-order valence-corrected chi connectivity index (χ1v) is 5.31. The standard InChI is InChI=1S/C11H13BrN2O/c1-8-4-5-9(6-10(8)12)11(15)13-7-14(2)3/h4-7H,1-3H3/b13-7+. The number of aryl methyl sites for hydroxylation is 1. The van der Waals surface area contributed by atoms with E-state index in [9.17, 15) is 4.79 Å². The normalized spacial score (nSPS) is 10.7. The Labute approximate surface area is 97.9 Å². The van der Waals surface area contributed by atoms with Crippen LogP contribution in [0.25, 0.3) is 0 Å². The van der Waals surface area contributed by atoms with Crippen LogP contribution in [0.4, 0.5) is 0 Å². The van der Waals surface area contributed by atoms with Crippen LogP contribution in [0.3, 0.4) is 0 Å². The highest BCUT2D eigenvalue weighted by atomic mass is 79.9. The molecule has 80 valence electrons. The second kappa shape index (κ2) is 5.07. The van der Waals surface area contributed by atoms with E-state index in [-0.39, 0.29) is 5.91 Å². The van der Waals surface area contributed by atoms with Gasteiger partial charge in [0, 0.05) is 24.1 Å². The van der Waals surface area contributed by atoms with Crippen molar-refractivity contribution in [2.24, 2.45) is 4.99 Å². The molecule has 0 heterocycles. The first kappa shape index (κ1) is 11.9. The molecule has 0 unspecified atom stereocenters. The molecule has 3 nitrogen and oxygen atoms in total. The number of hydrogen-bond donors (Lipinski definition) is 0. The van der Waals surface area contributed by atoms with Crippen molar-refractivity contribution in [1.29, 1.82) is 0 Å². The summed E-state index contributed by atoms with van der Waals surface area (Å²) in [6.07, 6.45) is 1.50. The lowest BCUT2D eigenvalue weighted by Gasteiger charge is -2.03. The topological polar surface area (TPSA) is 32.7 Å². The molecule has 0 radical (unpaired) electrons. The lowest BCUT2D eigenvalue weighted by atomic mass is 10.1. The average Bonchev–Trinajstić information content (AvgIpc) is 2.18. The number of carbonyl (C=O) groups excluding carboxylic acids is 1. The molecule has 1 aromatic rings. The number of rotatable bonds is 2. The summed E-state index contributed by atoms with van der Waals surface area (Å²) in [5.74, 6) is -0.232. The number of hydrogen-bond acceptors (Lipinski definition) is 1. The van der Waals surface area contributed by atoms with Gasteiger partial charge in [0.1, 0.15) is 0 Å². The predicted octanol–water partition coefficient (Wildman–Crippen LogP) is 2.49. The van der Waals surface area contributed by atoms with Crippen LogP contribution in [-0.2, 0) is 0 Å². The minimum atomic E-state index is -0.232. The molecule has 0 bridgehead atoms. The maximum Gasteiger partial charge on any atom is 0.278 e. The summed E-state index contributed by atoms with van der Waals surface area (Å²) >= 11 is 3.38. The summed E-state index contributed by atoms with van der Waals surface area (Å²) < 4.78 is 0.924. The largest absolute Gasteiger partial charge is 0.369 e. The lowest BCUT2D eigenvalue weighted by Crippen LogP contribution is -2.09. The molecule has 0 N–H and O–H groups in total. The van der Waals surface area contributed by atoms with Crippen molar-refractivity contribution in [2.75, 3.05) is 14.1 Å². The third-order valence-electron chi connectivity index (χ3n) is 1.82. The first-order valence-electron chi connectivity index (χ1n) is 4.52. The van der Waals surface area contributed by atoms with E-state index >= 15 is 0 Å². The van der Waals surface area contributed by atoms with Crippen LogP contribution in [0.2, 0.25) is 0 Å². The second-order valence-corrected chi connectivity index (χ2v) is 4.33. The SMILES string of the molecule is Cc1ccc(C(=O)/N=C/N(C)C)cc1Br. The molecular weight excluding hydrogens is 256 g/mol. The zero-order chi connectivity index (χ0) is 11.4. The molecule has 0 atom stereocenters.